The Morgan fingerprint density at radius 1 is 1.16 bits per heavy atom. The Balaban J connectivity index is 2.06. The van der Waals surface area contributed by atoms with E-state index in [-0.39, 0.29) is 6.04 Å². The molecule has 0 spiro atoms. The van der Waals surface area contributed by atoms with Gasteiger partial charge in [-0.2, -0.15) is 5.10 Å². The molecule has 1 unspecified atom stereocenters. The van der Waals surface area contributed by atoms with Crippen LogP contribution in [0.4, 0.5) is 0 Å². The largest absolute Gasteiger partial charge is 0.309 e. The van der Waals surface area contributed by atoms with Gasteiger partial charge in [-0.15, -0.1) is 0 Å². The van der Waals surface area contributed by atoms with E-state index in [4.69, 9.17) is 0 Å². The Labute approximate surface area is 112 Å². The van der Waals surface area contributed by atoms with E-state index in [1.165, 1.54) is 0 Å². The first-order chi connectivity index (χ1) is 9.28. The molecule has 4 nitrogen and oxygen atoms in total. The summed E-state index contributed by atoms with van der Waals surface area (Å²) in [6, 6.07) is 10.4. The van der Waals surface area contributed by atoms with Gasteiger partial charge in [0.1, 0.15) is 0 Å². The van der Waals surface area contributed by atoms with Gasteiger partial charge >= 0.3 is 0 Å². The van der Waals surface area contributed by atoms with E-state index in [1.807, 2.05) is 55.6 Å². The smallest absolute Gasteiger partial charge is 0.0702 e. The van der Waals surface area contributed by atoms with Crippen LogP contribution in [0.1, 0.15) is 17.2 Å². The Kier molecular flexibility index (Phi) is 3.01. The van der Waals surface area contributed by atoms with Crippen LogP contribution in [0.15, 0.2) is 48.9 Å². The van der Waals surface area contributed by atoms with Gasteiger partial charge in [-0.3, -0.25) is 9.67 Å². The lowest BCUT2D eigenvalue weighted by Crippen LogP contribution is -2.17. The first kappa shape index (κ1) is 11.9. The molecule has 1 N–H and O–H groups in total. The molecule has 2 aromatic heterocycles. The lowest BCUT2D eigenvalue weighted by molar-refractivity contribution is 0.688. The van der Waals surface area contributed by atoms with Crippen molar-refractivity contribution in [3.05, 3.63) is 60.0 Å². The highest BCUT2D eigenvalue weighted by Crippen LogP contribution is 2.23. The molecule has 0 aliphatic rings. The van der Waals surface area contributed by atoms with E-state index in [1.54, 1.807) is 0 Å². The Hall–Kier alpha value is -2.20. The lowest BCUT2D eigenvalue weighted by atomic mass is 10.0. The zero-order valence-corrected chi connectivity index (χ0v) is 11.0. The van der Waals surface area contributed by atoms with Crippen molar-refractivity contribution >= 4 is 10.9 Å². The van der Waals surface area contributed by atoms with Gasteiger partial charge in [0.05, 0.1) is 17.8 Å². The third-order valence-corrected chi connectivity index (χ3v) is 3.29. The number of aromatic nitrogens is 3. The van der Waals surface area contributed by atoms with Gasteiger partial charge < -0.3 is 5.32 Å². The topological polar surface area (TPSA) is 42.7 Å². The minimum Gasteiger partial charge on any atom is -0.309 e. The van der Waals surface area contributed by atoms with Gasteiger partial charge in [0.15, 0.2) is 0 Å². The van der Waals surface area contributed by atoms with E-state index in [2.05, 4.69) is 27.5 Å². The molecule has 0 fully saturated rings. The number of rotatable bonds is 3. The van der Waals surface area contributed by atoms with Crippen LogP contribution in [0.5, 0.6) is 0 Å². The van der Waals surface area contributed by atoms with Gasteiger partial charge in [-0.25, -0.2) is 0 Å². The zero-order chi connectivity index (χ0) is 13.2. The number of aryl methyl sites for hydroxylation is 1. The van der Waals surface area contributed by atoms with Crippen LogP contribution in [0.2, 0.25) is 0 Å². The first-order valence-electron chi connectivity index (χ1n) is 6.28. The third-order valence-electron chi connectivity index (χ3n) is 3.29. The molecule has 3 rings (SSSR count). The molecule has 0 saturated carbocycles. The number of nitrogens with zero attached hydrogens (tertiary/aromatic N) is 3. The number of benzene rings is 1. The SMILES string of the molecule is CNC(c1cnc2ccccc2c1)c1cnn(C)c1. The van der Waals surface area contributed by atoms with Crippen LogP contribution in [-0.4, -0.2) is 21.8 Å². The standard InChI is InChI=1S/C15H16N4/c1-16-15(13-9-18-19(2)10-13)12-7-11-5-3-4-6-14(11)17-8-12/h3-10,15-16H,1-2H3. The average Bonchev–Trinajstić information content (AvgIpc) is 2.86. The fourth-order valence-corrected chi connectivity index (χ4v) is 2.36. The maximum atomic E-state index is 4.52. The summed E-state index contributed by atoms with van der Waals surface area (Å²) >= 11 is 0. The van der Waals surface area contributed by atoms with Crippen LogP contribution in [0.25, 0.3) is 10.9 Å². The van der Waals surface area contributed by atoms with Gasteiger partial charge in [0.25, 0.3) is 0 Å². The molecule has 1 atom stereocenters. The molecule has 0 aliphatic heterocycles. The molecule has 0 aliphatic carbocycles. The second kappa shape index (κ2) is 4.82. The molecule has 1 aromatic carbocycles. The summed E-state index contributed by atoms with van der Waals surface area (Å²) in [5.41, 5.74) is 3.31. The molecule has 3 aromatic rings. The maximum absolute atomic E-state index is 4.52. The summed E-state index contributed by atoms with van der Waals surface area (Å²) in [6.07, 6.45) is 5.84. The normalized spacial score (nSPS) is 12.7. The summed E-state index contributed by atoms with van der Waals surface area (Å²) in [5, 5.41) is 8.71. The van der Waals surface area contributed by atoms with E-state index in [9.17, 15) is 0 Å². The number of hydrogen-bond acceptors (Lipinski definition) is 3. The van der Waals surface area contributed by atoms with Crippen LogP contribution in [0.3, 0.4) is 0 Å². The minimum atomic E-state index is 0.116. The molecule has 0 bridgehead atoms. The second-order valence-corrected chi connectivity index (χ2v) is 4.63. The zero-order valence-electron chi connectivity index (χ0n) is 11.0. The van der Waals surface area contributed by atoms with Crippen LogP contribution >= 0.6 is 0 Å². The van der Waals surface area contributed by atoms with Crippen molar-refractivity contribution in [3.63, 3.8) is 0 Å². The van der Waals surface area contributed by atoms with Crippen LogP contribution in [0, 0.1) is 0 Å². The predicted octanol–water partition coefficient (Wildman–Crippen LogP) is 2.28. The van der Waals surface area contributed by atoms with Gasteiger partial charge in [-0.05, 0) is 24.7 Å². The second-order valence-electron chi connectivity index (χ2n) is 4.63. The monoisotopic (exact) mass is 252 g/mol. The van der Waals surface area contributed by atoms with Crippen molar-refractivity contribution in [1.82, 2.24) is 20.1 Å². The van der Waals surface area contributed by atoms with Crippen molar-refractivity contribution in [3.8, 4) is 0 Å². The highest BCUT2D eigenvalue weighted by atomic mass is 15.2. The van der Waals surface area contributed by atoms with E-state index in [0.717, 1.165) is 22.0 Å². The molecule has 2 heterocycles. The predicted molar refractivity (Wildman–Crippen MR) is 75.9 cm³/mol. The number of fused-ring (bicyclic) bond motifs is 1. The highest BCUT2D eigenvalue weighted by molar-refractivity contribution is 5.78. The van der Waals surface area contributed by atoms with E-state index >= 15 is 0 Å². The quantitative estimate of drug-likeness (QED) is 0.777. The lowest BCUT2D eigenvalue weighted by Gasteiger charge is -2.15. The molecular weight excluding hydrogens is 236 g/mol. The maximum Gasteiger partial charge on any atom is 0.0702 e. The van der Waals surface area contributed by atoms with Crippen LogP contribution < -0.4 is 5.32 Å². The summed E-state index contributed by atoms with van der Waals surface area (Å²) in [4.78, 5) is 4.52. The Morgan fingerprint density at radius 3 is 2.74 bits per heavy atom. The Morgan fingerprint density at radius 2 is 2.00 bits per heavy atom. The molecule has 0 radical (unpaired) electrons. The number of nitrogens with one attached hydrogen (secondary N) is 1. The van der Waals surface area contributed by atoms with Gasteiger partial charge in [-0.1, -0.05) is 18.2 Å². The summed E-state index contributed by atoms with van der Waals surface area (Å²) in [6.45, 7) is 0. The molecular formula is C15H16N4. The van der Waals surface area contributed by atoms with Gasteiger partial charge in [0, 0.05) is 30.4 Å². The summed E-state index contributed by atoms with van der Waals surface area (Å²) in [5.74, 6) is 0. The number of para-hydroxylation sites is 1. The fraction of sp³-hybridized carbons (Fsp3) is 0.200. The van der Waals surface area contributed by atoms with Crippen LogP contribution in [-0.2, 0) is 7.05 Å². The van der Waals surface area contributed by atoms with Crippen molar-refractivity contribution in [1.29, 1.82) is 0 Å². The van der Waals surface area contributed by atoms with Crippen molar-refractivity contribution < 1.29 is 0 Å². The molecule has 0 amide bonds. The highest BCUT2D eigenvalue weighted by Gasteiger charge is 2.14. The van der Waals surface area contributed by atoms with Crippen molar-refractivity contribution in [2.24, 2.45) is 7.05 Å². The first-order valence-corrected chi connectivity index (χ1v) is 6.28. The summed E-state index contributed by atoms with van der Waals surface area (Å²) in [7, 11) is 3.88. The molecule has 0 saturated heterocycles. The van der Waals surface area contributed by atoms with Crippen molar-refractivity contribution in [2.45, 2.75) is 6.04 Å². The van der Waals surface area contributed by atoms with E-state index < -0.39 is 0 Å². The van der Waals surface area contributed by atoms with Gasteiger partial charge in [0.2, 0.25) is 0 Å². The average molecular weight is 252 g/mol. The minimum absolute atomic E-state index is 0.116. The van der Waals surface area contributed by atoms with Crippen molar-refractivity contribution in [2.75, 3.05) is 7.05 Å². The number of pyridine rings is 1. The third kappa shape index (κ3) is 2.22. The fourth-order valence-electron chi connectivity index (χ4n) is 2.36. The molecule has 4 heteroatoms. The Bertz CT molecular complexity index is 702. The summed E-state index contributed by atoms with van der Waals surface area (Å²) < 4.78 is 1.81. The molecule has 96 valence electrons. The number of hydrogen-bond donors (Lipinski definition) is 1. The molecule has 19 heavy (non-hydrogen) atoms. The van der Waals surface area contributed by atoms with E-state index in [0.29, 0.717) is 0 Å².